The Morgan fingerprint density at radius 3 is 2.62 bits per heavy atom. The highest BCUT2D eigenvalue weighted by Gasteiger charge is 2.20. The molecule has 112 valence electrons. The van der Waals surface area contributed by atoms with Gasteiger partial charge in [0.1, 0.15) is 10.8 Å². The van der Waals surface area contributed by atoms with E-state index in [4.69, 9.17) is 29.6 Å². The van der Waals surface area contributed by atoms with Crippen molar-refractivity contribution >= 4 is 44.5 Å². The predicted molar refractivity (Wildman–Crippen MR) is 86.1 cm³/mol. The normalized spacial score (nSPS) is 11.4. The number of thiocarbonyl (C=S) groups is 1. The Balaban J connectivity index is 2.35. The highest BCUT2D eigenvalue weighted by atomic mass is 35.5. The van der Waals surface area contributed by atoms with Gasteiger partial charge in [0.2, 0.25) is 0 Å². The van der Waals surface area contributed by atoms with Gasteiger partial charge in [0.25, 0.3) is 10.0 Å². The molecule has 1 aromatic heterocycles. The van der Waals surface area contributed by atoms with Crippen LogP contribution in [0.15, 0.2) is 29.4 Å². The van der Waals surface area contributed by atoms with Crippen LogP contribution in [0.1, 0.15) is 11.4 Å². The molecule has 0 spiro atoms. The molecule has 0 saturated carbocycles. The van der Waals surface area contributed by atoms with E-state index in [9.17, 15) is 8.42 Å². The molecule has 0 saturated heterocycles. The first-order chi connectivity index (χ1) is 9.70. The predicted octanol–water partition coefficient (Wildman–Crippen LogP) is 1.82. The second-order valence-electron chi connectivity index (χ2n) is 4.40. The van der Waals surface area contributed by atoms with E-state index in [1.54, 1.807) is 24.6 Å². The second-order valence-corrected chi connectivity index (χ2v) is 6.88. The monoisotopic (exact) mass is 344 g/mol. The molecule has 21 heavy (non-hydrogen) atoms. The van der Waals surface area contributed by atoms with Gasteiger partial charge < -0.3 is 10.3 Å². The average molecular weight is 345 g/mol. The summed E-state index contributed by atoms with van der Waals surface area (Å²) < 4.78 is 28.5. The Hall–Kier alpha value is -1.64. The summed E-state index contributed by atoms with van der Waals surface area (Å²) in [4.78, 5) is 4.17. The van der Waals surface area contributed by atoms with Crippen LogP contribution in [-0.4, -0.2) is 23.0 Å². The molecule has 1 aromatic carbocycles. The van der Waals surface area contributed by atoms with Crippen molar-refractivity contribution < 1.29 is 8.42 Å². The maximum atomic E-state index is 12.2. The fourth-order valence-corrected chi connectivity index (χ4v) is 3.14. The Bertz CT molecular complexity index is 795. The van der Waals surface area contributed by atoms with Crippen LogP contribution < -0.4 is 10.5 Å². The number of nitrogens with one attached hydrogen (secondary N) is 1. The molecule has 1 heterocycles. The molecule has 0 unspecified atom stereocenters. The largest absolute Gasteiger partial charge is 0.389 e. The number of aromatic nitrogens is 2. The number of nitrogens with two attached hydrogens (primary N) is 1. The topological polar surface area (TPSA) is 90.0 Å². The van der Waals surface area contributed by atoms with Gasteiger partial charge in [-0.3, -0.25) is 4.72 Å². The van der Waals surface area contributed by atoms with E-state index in [0.29, 0.717) is 11.4 Å². The third-order valence-corrected chi connectivity index (χ3v) is 4.64. The quantitative estimate of drug-likeness (QED) is 0.826. The minimum absolute atomic E-state index is 0.0722. The maximum absolute atomic E-state index is 12.2. The first kappa shape index (κ1) is 15.7. The molecule has 0 aliphatic heterocycles. The third-order valence-electron chi connectivity index (χ3n) is 2.86. The van der Waals surface area contributed by atoms with Gasteiger partial charge in [0.15, 0.2) is 5.03 Å². The van der Waals surface area contributed by atoms with Crippen molar-refractivity contribution in [2.45, 2.75) is 11.9 Å². The van der Waals surface area contributed by atoms with Gasteiger partial charge in [0, 0.05) is 18.8 Å². The van der Waals surface area contributed by atoms with Crippen LogP contribution in [0.4, 0.5) is 5.69 Å². The van der Waals surface area contributed by atoms with Crippen molar-refractivity contribution in [1.29, 1.82) is 0 Å². The van der Waals surface area contributed by atoms with Crippen molar-refractivity contribution in [3.63, 3.8) is 0 Å². The summed E-state index contributed by atoms with van der Waals surface area (Å²) in [5, 5.41) is 0.133. The lowest BCUT2D eigenvalue weighted by Crippen LogP contribution is -2.14. The Kier molecular flexibility index (Phi) is 4.22. The summed E-state index contributed by atoms with van der Waals surface area (Å²) in [7, 11) is -2.09. The lowest BCUT2D eigenvalue weighted by Gasteiger charge is -2.09. The van der Waals surface area contributed by atoms with Crippen LogP contribution in [-0.2, 0) is 17.1 Å². The van der Waals surface area contributed by atoms with E-state index in [-0.39, 0.29) is 20.7 Å². The summed E-state index contributed by atoms with van der Waals surface area (Å²) in [5.41, 5.74) is 6.29. The van der Waals surface area contributed by atoms with Crippen LogP contribution in [0, 0.1) is 6.92 Å². The highest BCUT2D eigenvalue weighted by molar-refractivity contribution is 7.92. The Morgan fingerprint density at radius 2 is 2.14 bits per heavy atom. The fourth-order valence-electron chi connectivity index (χ4n) is 1.60. The average Bonchev–Trinajstić information content (AvgIpc) is 2.72. The zero-order valence-electron chi connectivity index (χ0n) is 11.3. The molecule has 0 amide bonds. The smallest absolute Gasteiger partial charge is 0.281 e. The summed E-state index contributed by atoms with van der Waals surface area (Å²) >= 11 is 10.9. The van der Waals surface area contributed by atoms with Crippen molar-refractivity contribution in [2.24, 2.45) is 12.8 Å². The number of sulfonamides is 1. The highest BCUT2D eigenvalue weighted by Crippen LogP contribution is 2.25. The second kappa shape index (κ2) is 5.63. The van der Waals surface area contributed by atoms with Gasteiger partial charge in [-0.15, -0.1) is 0 Å². The molecule has 0 aliphatic carbocycles. The van der Waals surface area contributed by atoms with Crippen LogP contribution >= 0.6 is 23.8 Å². The third kappa shape index (κ3) is 3.34. The molecule has 0 atom stereocenters. The minimum atomic E-state index is -3.80. The molecule has 0 fully saturated rings. The van der Waals surface area contributed by atoms with E-state index >= 15 is 0 Å². The van der Waals surface area contributed by atoms with Crippen molar-refractivity contribution in [1.82, 2.24) is 9.55 Å². The van der Waals surface area contributed by atoms with Gasteiger partial charge in [-0.25, -0.2) is 4.98 Å². The van der Waals surface area contributed by atoms with E-state index < -0.39 is 10.0 Å². The molecular formula is C12H13ClN4O2S2. The van der Waals surface area contributed by atoms with Crippen LogP contribution in [0.25, 0.3) is 0 Å². The molecule has 3 N–H and O–H groups in total. The summed E-state index contributed by atoms with van der Waals surface area (Å²) in [5.74, 6) is 0.588. The van der Waals surface area contributed by atoms with Crippen molar-refractivity contribution in [3.8, 4) is 0 Å². The standard InChI is InChI=1S/C12H13ClN4O2S2/c1-7-15-11(6-17(7)2)21(18,19)16-10-4-3-8(12(14)20)5-9(10)13/h3-6,16H,1-2H3,(H2,14,20). The molecule has 2 rings (SSSR count). The number of aryl methyl sites for hydroxylation is 2. The molecular weight excluding hydrogens is 332 g/mol. The van der Waals surface area contributed by atoms with Gasteiger partial charge in [0.05, 0.1) is 10.7 Å². The number of anilines is 1. The molecule has 2 aromatic rings. The van der Waals surface area contributed by atoms with E-state index in [1.807, 2.05) is 0 Å². The number of imidazole rings is 1. The lowest BCUT2D eigenvalue weighted by atomic mass is 10.2. The molecule has 0 aliphatic rings. The van der Waals surface area contributed by atoms with E-state index in [2.05, 4.69) is 9.71 Å². The summed E-state index contributed by atoms with van der Waals surface area (Å²) in [6.07, 6.45) is 1.43. The number of nitrogens with zero attached hydrogens (tertiary/aromatic N) is 2. The Labute approximate surface area is 133 Å². The number of rotatable bonds is 4. The lowest BCUT2D eigenvalue weighted by molar-refractivity contribution is 0.598. The first-order valence-electron chi connectivity index (χ1n) is 5.83. The van der Waals surface area contributed by atoms with Gasteiger partial charge in [-0.2, -0.15) is 8.42 Å². The van der Waals surface area contributed by atoms with Gasteiger partial charge in [-0.05, 0) is 25.1 Å². The van der Waals surface area contributed by atoms with E-state index in [1.165, 1.54) is 18.3 Å². The number of hydrogen-bond donors (Lipinski definition) is 2. The fraction of sp³-hybridized carbons (Fsp3) is 0.167. The molecule has 9 heteroatoms. The molecule has 0 bridgehead atoms. The van der Waals surface area contributed by atoms with Gasteiger partial charge >= 0.3 is 0 Å². The SMILES string of the molecule is Cc1nc(S(=O)(=O)Nc2ccc(C(N)=S)cc2Cl)cn1C. The number of hydrogen-bond acceptors (Lipinski definition) is 4. The van der Waals surface area contributed by atoms with E-state index in [0.717, 1.165) is 0 Å². The number of benzene rings is 1. The minimum Gasteiger partial charge on any atom is -0.389 e. The number of halogens is 1. The van der Waals surface area contributed by atoms with Gasteiger partial charge in [-0.1, -0.05) is 23.8 Å². The van der Waals surface area contributed by atoms with Crippen molar-refractivity contribution in [2.75, 3.05) is 4.72 Å². The molecule has 0 radical (unpaired) electrons. The first-order valence-corrected chi connectivity index (χ1v) is 8.10. The zero-order valence-corrected chi connectivity index (χ0v) is 13.7. The summed E-state index contributed by atoms with van der Waals surface area (Å²) in [6.45, 7) is 1.71. The Morgan fingerprint density at radius 1 is 1.48 bits per heavy atom. The maximum Gasteiger partial charge on any atom is 0.281 e. The zero-order chi connectivity index (χ0) is 15.8. The summed E-state index contributed by atoms with van der Waals surface area (Å²) in [6, 6.07) is 4.60. The van der Waals surface area contributed by atoms with Crippen molar-refractivity contribution in [3.05, 3.63) is 40.8 Å². The molecule has 6 nitrogen and oxygen atoms in total. The van der Waals surface area contributed by atoms with Crippen LogP contribution in [0.3, 0.4) is 0 Å². The van der Waals surface area contributed by atoms with Crippen LogP contribution in [0.2, 0.25) is 5.02 Å². The van der Waals surface area contributed by atoms with Crippen LogP contribution in [0.5, 0.6) is 0 Å².